The molecule has 4 amide bonds. The van der Waals surface area contributed by atoms with Gasteiger partial charge in [0.05, 0.1) is 6.04 Å². The number of aromatic amines is 1. The molecule has 0 spiro atoms. The number of aliphatic carboxylic acids is 1. The van der Waals surface area contributed by atoms with Crippen molar-refractivity contribution >= 4 is 29.6 Å². The van der Waals surface area contributed by atoms with Gasteiger partial charge < -0.3 is 47.1 Å². The molecule has 1 aromatic heterocycles. The summed E-state index contributed by atoms with van der Waals surface area (Å²) in [5.74, 6) is -3.33. The molecular weight excluding hydrogens is 730 g/mol. The van der Waals surface area contributed by atoms with Crippen molar-refractivity contribution in [1.82, 2.24) is 30.8 Å². The highest BCUT2D eigenvalue weighted by Crippen LogP contribution is 2.30. The maximum Gasteiger partial charge on any atom is 0.330 e. The Labute approximate surface area is 328 Å². The third-order valence-electron chi connectivity index (χ3n) is 9.78. The van der Waals surface area contributed by atoms with Gasteiger partial charge in [0.15, 0.2) is 12.3 Å². The Kier molecular flexibility index (Phi) is 22.9. The molecule has 1 aromatic rings. The van der Waals surface area contributed by atoms with Gasteiger partial charge in [-0.15, -0.1) is 0 Å². The molecule has 2 rings (SSSR count). The summed E-state index contributed by atoms with van der Waals surface area (Å²) >= 11 is 0. The lowest BCUT2D eigenvalue weighted by atomic mass is 10.0. The van der Waals surface area contributed by atoms with E-state index in [0.717, 1.165) is 81.0 Å². The Morgan fingerprint density at radius 3 is 1.86 bits per heavy atom. The highest BCUT2D eigenvalue weighted by atomic mass is 16.6. The lowest BCUT2D eigenvalue weighted by molar-refractivity contribution is -0.149. The number of ether oxygens (including phenoxy) is 1. The number of rotatable bonds is 29. The van der Waals surface area contributed by atoms with Gasteiger partial charge in [-0.3, -0.25) is 33.5 Å². The molecule has 10 N–H and O–H groups in total. The lowest BCUT2D eigenvalue weighted by Gasteiger charge is -2.26. The molecule has 1 aliphatic heterocycles. The van der Waals surface area contributed by atoms with Gasteiger partial charge in [-0.05, 0) is 51.4 Å². The lowest BCUT2D eigenvalue weighted by Crippen LogP contribution is -2.58. The summed E-state index contributed by atoms with van der Waals surface area (Å²) in [7, 11) is 0. The molecule has 1 unspecified atom stereocenters. The molecule has 1 fully saturated rings. The predicted molar refractivity (Wildman–Crippen MR) is 207 cm³/mol. The van der Waals surface area contributed by atoms with Gasteiger partial charge in [0.1, 0.15) is 24.4 Å². The molecule has 0 aromatic carbocycles. The van der Waals surface area contributed by atoms with Crippen LogP contribution in [0.3, 0.4) is 0 Å². The Hall–Kier alpha value is -4.13. The van der Waals surface area contributed by atoms with Crippen molar-refractivity contribution in [2.75, 3.05) is 13.1 Å². The monoisotopic (exact) mass is 795 g/mol. The van der Waals surface area contributed by atoms with E-state index in [4.69, 9.17) is 10.5 Å². The maximum atomic E-state index is 13.6. The van der Waals surface area contributed by atoms with E-state index in [9.17, 15) is 48.9 Å². The molecule has 1 aliphatic rings. The number of carbonyl (C=O) groups is 5. The average molecular weight is 796 g/mol. The highest BCUT2D eigenvalue weighted by Gasteiger charge is 2.50. The zero-order valence-corrected chi connectivity index (χ0v) is 33.0. The quantitative estimate of drug-likeness (QED) is 0.0510. The molecule has 18 nitrogen and oxygen atoms in total. The SMILES string of the molecule is CCCCCCCC(=O)NCCCC[C@H](NC(=O)[C@@H](N)CCCCNC(=O)CCCCCCC)C(=O)N[C@H](C(=O)O)[C@H]1OC(n2ccc(=O)[nH]c2=O)[C@H](O)[C@@H]1O. The molecule has 56 heavy (non-hydrogen) atoms. The van der Waals surface area contributed by atoms with Crippen LogP contribution in [0.15, 0.2) is 21.9 Å². The van der Waals surface area contributed by atoms with Gasteiger partial charge in [-0.2, -0.15) is 0 Å². The van der Waals surface area contributed by atoms with E-state index in [1.165, 1.54) is 0 Å². The molecular formula is C38H65N7O11. The Bertz CT molecular complexity index is 1490. The van der Waals surface area contributed by atoms with Crippen molar-refractivity contribution in [2.24, 2.45) is 5.73 Å². The summed E-state index contributed by atoms with van der Waals surface area (Å²) in [6.45, 7) is 5.00. The largest absolute Gasteiger partial charge is 0.480 e. The number of nitrogens with two attached hydrogens (primary N) is 1. The predicted octanol–water partition coefficient (Wildman–Crippen LogP) is 0.831. The number of hydrogen-bond acceptors (Lipinski definition) is 11. The van der Waals surface area contributed by atoms with E-state index >= 15 is 0 Å². The van der Waals surface area contributed by atoms with Crippen LogP contribution in [-0.2, 0) is 28.7 Å². The number of nitrogens with zero attached hydrogens (tertiary/aromatic N) is 1. The van der Waals surface area contributed by atoms with Crippen LogP contribution < -0.4 is 38.2 Å². The fourth-order valence-electron chi connectivity index (χ4n) is 6.41. The minimum Gasteiger partial charge on any atom is -0.480 e. The number of carboxylic acids is 1. The van der Waals surface area contributed by atoms with Gasteiger partial charge in [-0.25, -0.2) is 9.59 Å². The fourth-order valence-corrected chi connectivity index (χ4v) is 6.41. The Balaban J connectivity index is 2.02. The molecule has 0 aliphatic carbocycles. The van der Waals surface area contributed by atoms with Crippen molar-refractivity contribution in [3.63, 3.8) is 0 Å². The molecule has 318 valence electrons. The van der Waals surface area contributed by atoms with Gasteiger partial charge in [0.2, 0.25) is 23.6 Å². The number of nitrogens with one attached hydrogen (secondary N) is 5. The molecule has 2 heterocycles. The summed E-state index contributed by atoms with van der Waals surface area (Å²) in [5.41, 5.74) is 4.45. The summed E-state index contributed by atoms with van der Waals surface area (Å²) in [4.78, 5) is 89.3. The van der Waals surface area contributed by atoms with E-state index in [2.05, 4.69) is 35.1 Å². The second-order valence-corrected chi connectivity index (χ2v) is 14.5. The fraction of sp³-hybridized carbons (Fsp3) is 0.763. The molecule has 0 bridgehead atoms. The maximum absolute atomic E-state index is 13.6. The van der Waals surface area contributed by atoms with Crippen molar-refractivity contribution in [1.29, 1.82) is 0 Å². The van der Waals surface area contributed by atoms with Crippen LogP contribution in [0.1, 0.15) is 136 Å². The average Bonchev–Trinajstić information content (AvgIpc) is 3.44. The van der Waals surface area contributed by atoms with E-state index in [-0.39, 0.29) is 24.7 Å². The van der Waals surface area contributed by atoms with E-state index in [1.807, 2.05) is 4.98 Å². The normalized spacial score (nSPS) is 19.4. The smallest absolute Gasteiger partial charge is 0.330 e. The number of amides is 4. The molecule has 0 radical (unpaired) electrons. The number of carbonyl (C=O) groups excluding carboxylic acids is 4. The summed E-state index contributed by atoms with van der Waals surface area (Å²) in [5, 5.41) is 42.1. The van der Waals surface area contributed by atoms with Crippen molar-refractivity contribution in [3.8, 4) is 0 Å². The molecule has 0 saturated carbocycles. The van der Waals surface area contributed by atoms with Crippen LogP contribution in [0.2, 0.25) is 0 Å². The number of aliphatic hydroxyl groups excluding tert-OH is 2. The van der Waals surface area contributed by atoms with Crippen LogP contribution >= 0.6 is 0 Å². The third-order valence-corrected chi connectivity index (χ3v) is 9.78. The number of aliphatic hydroxyl groups is 2. The first-order chi connectivity index (χ1) is 26.8. The highest BCUT2D eigenvalue weighted by molar-refractivity contribution is 5.92. The Morgan fingerprint density at radius 1 is 0.768 bits per heavy atom. The van der Waals surface area contributed by atoms with Gasteiger partial charge >= 0.3 is 11.7 Å². The van der Waals surface area contributed by atoms with E-state index in [0.29, 0.717) is 51.6 Å². The van der Waals surface area contributed by atoms with Crippen LogP contribution in [0, 0.1) is 0 Å². The molecule has 18 heteroatoms. The van der Waals surface area contributed by atoms with Crippen LogP contribution in [0.5, 0.6) is 0 Å². The number of carboxylic acid groups (broad SMARTS) is 1. The van der Waals surface area contributed by atoms with Crippen molar-refractivity contribution in [3.05, 3.63) is 33.1 Å². The minimum absolute atomic E-state index is 0.0232. The van der Waals surface area contributed by atoms with Crippen molar-refractivity contribution < 1.29 is 44.0 Å². The third kappa shape index (κ3) is 17.3. The zero-order chi connectivity index (χ0) is 41.5. The second-order valence-electron chi connectivity index (χ2n) is 14.5. The number of aromatic nitrogens is 2. The van der Waals surface area contributed by atoms with E-state index < -0.39 is 71.7 Å². The van der Waals surface area contributed by atoms with Crippen LogP contribution in [0.4, 0.5) is 0 Å². The topological polar surface area (TPSA) is 284 Å². The molecule has 1 saturated heterocycles. The van der Waals surface area contributed by atoms with Crippen LogP contribution in [-0.4, -0.2) is 104 Å². The number of unbranched alkanes of at least 4 members (excludes halogenated alkanes) is 10. The first-order valence-corrected chi connectivity index (χ1v) is 20.3. The standard InChI is InChI=1S/C38H65N7O11/c1-3-5-7-9-11-19-27(46)40-22-15-13-17-25(39)34(51)42-26(18-14-16-23-41-28(47)20-12-10-8-6-4-2)35(52)44-30(37(53)54)33-31(49)32(50)36(56-33)45-24-21-29(48)43-38(45)55/h21,24-26,30-33,36,49-50H,3-20,22-23,39H2,1-2H3,(H,40,46)(H,41,47)(H,42,51)(H,44,52)(H,53,54)(H,43,48,55)/t25-,26-,30-,31-,32+,33+,36?/m0/s1. The first kappa shape index (κ1) is 48.0. The van der Waals surface area contributed by atoms with Crippen molar-refractivity contribution in [2.45, 2.75) is 172 Å². The second kappa shape index (κ2) is 26.7. The van der Waals surface area contributed by atoms with E-state index in [1.54, 1.807) is 0 Å². The van der Waals surface area contributed by atoms with Gasteiger partial charge in [-0.1, -0.05) is 65.2 Å². The molecule has 7 atom stereocenters. The summed E-state index contributed by atoms with van der Waals surface area (Å²) in [6, 6.07) is -3.26. The summed E-state index contributed by atoms with van der Waals surface area (Å²) in [6.07, 6.45) is 7.34. The van der Waals surface area contributed by atoms with Crippen LogP contribution in [0.25, 0.3) is 0 Å². The van der Waals surface area contributed by atoms with Gasteiger partial charge in [0, 0.05) is 38.2 Å². The Morgan fingerprint density at radius 2 is 1.32 bits per heavy atom. The van der Waals surface area contributed by atoms with Gasteiger partial charge in [0.25, 0.3) is 5.56 Å². The zero-order valence-electron chi connectivity index (χ0n) is 33.0. The first-order valence-electron chi connectivity index (χ1n) is 20.3. The number of H-pyrrole nitrogens is 1. The summed E-state index contributed by atoms with van der Waals surface area (Å²) < 4.78 is 6.36. The number of hydrogen-bond donors (Lipinski definition) is 9. The minimum atomic E-state index is -1.94.